The Labute approximate surface area is 127 Å². The first-order valence-electron chi connectivity index (χ1n) is 7.77. The second kappa shape index (κ2) is 9.97. The number of unbranched alkanes of at least 4 members (excludes halogenated alkanes) is 3. The number of carbonyl (C=O) groups excluding carboxylic acids is 2. The molecule has 0 bridgehead atoms. The average Bonchev–Trinajstić information content (AvgIpc) is 2.46. The third-order valence-electron chi connectivity index (χ3n) is 3.72. The van der Waals surface area contributed by atoms with Crippen molar-refractivity contribution in [3.05, 3.63) is 35.9 Å². The first kappa shape index (κ1) is 17.2. The number of imide groups is 1. The number of rotatable bonds is 9. The third kappa shape index (κ3) is 7.49. The van der Waals surface area contributed by atoms with E-state index in [4.69, 9.17) is 5.73 Å². The van der Waals surface area contributed by atoms with E-state index in [1.54, 1.807) is 0 Å². The maximum absolute atomic E-state index is 11.7. The summed E-state index contributed by atoms with van der Waals surface area (Å²) >= 11 is 0. The minimum absolute atomic E-state index is 0.105. The zero-order chi connectivity index (χ0) is 15.5. The molecule has 0 aliphatic carbocycles. The molecule has 21 heavy (non-hydrogen) atoms. The van der Waals surface area contributed by atoms with E-state index in [1.807, 2.05) is 13.0 Å². The van der Waals surface area contributed by atoms with Gasteiger partial charge in [-0.25, -0.2) is 4.79 Å². The summed E-state index contributed by atoms with van der Waals surface area (Å²) in [6.45, 7) is 1.96. The molecule has 0 radical (unpaired) electrons. The zero-order valence-corrected chi connectivity index (χ0v) is 12.8. The van der Waals surface area contributed by atoms with Crippen LogP contribution in [0.5, 0.6) is 0 Å². The van der Waals surface area contributed by atoms with Crippen LogP contribution >= 0.6 is 0 Å². The highest BCUT2D eigenvalue weighted by atomic mass is 16.2. The molecule has 1 atom stereocenters. The van der Waals surface area contributed by atoms with Gasteiger partial charge in [0.05, 0.1) is 0 Å². The lowest BCUT2D eigenvalue weighted by molar-refractivity contribution is -0.124. The van der Waals surface area contributed by atoms with Crippen molar-refractivity contribution in [2.24, 2.45) is 11.7 Å². The predicted octanol–water partition coefficient (Wildman–Crippen LogP) is 3.40. The van der Waals surface area contributed by atoms with Crippen molar-refractivity contribution in [1.29, 1.82) is 0 Å². The Morgan fingerprint density at radius 2 is 1.76 bits per heavy atom. The molecule has 1 aromatic rings. The van der Waals surface area contributed by atoms with Crippen molar-refractivity contribution >= 4 is 11.9 Å². The van der Waals surface area contributed by atoms with Gasteiger partial charge < -0.3 is 5.73 Å². The van der Waals surface area contributed by atoms with Gasteiger partial charge in [-0.2, -0.15) is 0 Å². The third-order valence-corrected chi connectivity index (χ3v) is 3.72. The number of hydrogen-bond acceptors (Lipinski definition) is 2. The number of urea groups is 1. The zero-order valence-electron chi connectivity index (χ0n) is 12.8. The first-order valence-corrected chi connectivity index (χ1v) is 7.77. The summed E-state index contributed by atoms with van der Waals surface area (Å²) < 4.78 is 0. The lowest BCUT2D eigenvalue weighted by Crippen LogP contribution is -2.39. The fourth-order valence-electron chi connectivity index (χ4n) is 2.46. The summed E-state index contributed by atoms with van der Waals surface area (Å²) in [6.07, 6.45) is 7.15. The first-order chi connectivity index (χ1) is 10.1. The Hall–Kier alpha value is -1.84. The van der Waals surface area contributed by atoms with Crippen LogP contribution in [0.1, 0.15) is 51.0 Å². The minimum atomic E-state index is -0.763. The monoisotopic (exact) mass is 290 g/mol. The Morgan fingerprint density at radius 1 is 1.10 bits per heavy atom. The molecule has 0 spiro atoms. The molecule has 3 amide bonds. The van der Waals surface area contributed by atoms with Crippen molar-refractivity contribution in [1.82, 2.24) is 5.32 Å². The maximum Gasteiger partial charge on any atom is 0.318 e. The highest BCUT2D eigenvalue weighted by Crippen LogP contribution is 2.15. The topological polar surface area (TPSA) is 72.2 Å². The average molecular weight is 290 g/mol. The molecule has 1 rings (SSSR count). The van der Waals surface area contributed by atoms with Crippen LogP contribution in [0.4, 0.5) is 4.79 Å². The Morgan fingerprint density at radius 3 is 2.38 bits per heavy atom. The van der Waals surface area contributed by atoms with Gasteiger partial charge >= 0.3 is 6.03 Å². The number of nitrogens with one attached hydrogen (secondary N) is 1. The molecule has 4 nitrogen and oxygen atoms in total. The van der Waals surface area contributed by atoms with E-state index in [9.17, 15) is 9.59 Å². The Bertz CT molecular complexity index is 432. The van der Waals surface area contributed by atoms with Crippen molar-refractivity contribution in [2.75, 3.05) is 0 Å². The van der Waals surface area contributed by atoms with E-state index in [-0.39, 0.29) is 11.8 Å². The molecule has 0 heterocycles. The molecule has 0 saturated heterocycles. The van der Waals surface area contributed by atoms with Crippen LogP contribution in [0.25, 0.3) is 0 Å². The highest BCUT2D eigenvalue weighted by molar-refractivity contribution is 5.94. The summed E-state index contributed by atoms with van der Waals surface area (Å²) in [6, 6.07) is 9.71. The Balaban J connectivity index is 2.12. The summed E-state index contributed by atoms with van der Waals surface area (Å²) in [5.74, 6) is -0.346. The van der Waals surface area contributed by atoms with Gasteiger partial charge in [-0.15, -0.1) is 0 Å². The summed E-state index contributed by atoms with van der Waals surface area (Å²) in [4.78, 5) is 22.3. The molecule has 4 heteroatoms. The van der Waals surface area contributed by atoms with Gasteiger partial charge in [0.2, 0.25) is 5.91 Å². The number of amides is 3. The van der Waals surface area contributed by atoms with Crippen LogP contribution in [0.2, 0.25) is 0 Å². The molecular weight excluding hydrogens is 264 g/mol. The summed E-state index contributed by atoms with van der Waals surface area (Å²) in [5.41, 5.74) is 6.34. The molecule has 0 saturated carbocycles. The predicted molar refractivity (Wildman–Crippen MR) is 84.7 cm³/mol. The largest absolute Gasteiger partial charge is 0.351 e. The molecule has 116 valence electrons. The van der Waals surface area contributed by atoms with Crippen LogP contribution in [0.3, 0.4) is 0 Å². The van der Waals surface area contributed by atoms with Crippen molar-refractivity contribution < 1.29 is 9.59 Å². The normalized spacial score (nSPS) is 11.9. The van der Waals surface area contributed by atoms with Gasteiger partial charge in [0.1, 0.15) is 0 Å². The van der Waals surface area contributed by atoms with Crippen molar-refractivity contribution in [3.8, 4) is 0 Å². The van der Waals surface area contributed by atoms with Crippen LogP contribution < -0.4 is 11.1 Å². The highest BCUT2D eigenvalue weighted by Gasteiger charge is 2.16. The van der Waals surface area contributed by atoms with E-state index in [0.29, 0.717) is 0 Å². The van der Waals surface area contributed by atoms with Gasteiger partial charge in [0.15, 0.2) is 0 Å². The van der Waals surface area contributed by atoms with Crippen LogP contribution in [-0.4, -0.2) is 11.9 Å². The van der Waals surface area contributed by atoms with Gasteiger partial charge in [0, 0.05) is 5.92 Å². The lowest BCUT2D eigenvalue weighted by Gasteiger charge is -2.13. The minimum Gasteiger partial charge on any atom is -0.351 e. The van der Waals surface area contributed by atoms with E-state index in [2.05, 4.69) is 29.6 Å². The second-order valence-corrected chi connectivity index (χ2v) is 5.40. The summed E-state index contributed by atoms with van der Waals surface area (Å²) in [7, 11) is 0. The van der Waals surface area contributed by atoms with Gasteiger partial charge in [0.25, 0.3) is 0 Å². The number of hydrogen-bond donors (Lipinski definition) is 2. The number of nitrogens with two attached hydrogens (primary N) is 1. The van der Waals surface area contributed by atoms with Crippen molar-refractivity contribution in [2.45, 2.75) is 51.9 Å². The molecule has 0 aromatic heterocycles. The SMILES string of the molecule is CCC(CCCCCCc1ccccc1)C(=O)NC(N)=O. The molecule has 0 aliphatic heterocycles. The fraction of sp³-hybridized carbons (Fsp3) is 0.529. The van der Waals surface area contributed by atoms with E-state index < -0.39 is 6.03 Å². The standard InChI is InChI=1S/C17H26N2O2/c1-2-15(16(20)19-17(18)21)13-9-4-3-6-10-14-11-7-5-8-12-14/h5,7-8,11-12,15H,2-4,6,9-10,13H2,1H3,(H3,18,19,20,21). The van der Waals surface area contributed by atoms with Gasteiger partial charge in [-0.3, -0.25) is 10.1 Å². The van der Waals surface area contributed by atoms with Crippen LogP contribution in [0.15, 0.2) is 30.3 Å². The lowest BCUT2D eigenvalue weighted by atomic mass is 9.97. The quantitative estimate of drug-likeness (QED) is 0.684. The second-order valence-electron chi connectivity index (χ2n) is 5.40. The molecule has 3 N–H and O–H groups in total. The van der Waals surface area contributed by atoms with E-state index in [0.717, 1.165) is 32.1 Å². The Kier molecular flexibility index (Phi) is 8.17. The molecule has 0 fully saturated rings. The van der Waals surface area contributed by atoms with Crippen LogP contribution in [-0.2, 0) is 11.2 Å². The summed E-state index contributed by atoms with van der Waals surface area (Å²) in [5, 5.41) is 2.17. The molecule has 1 unspecified atom stereocenters. The number of carbonyl (C=O) groups is 2. The van der Waals surface area contributed by atoms with E-state index in [1.165, 1.54) is 18.4 Å². The van der Waals surface area contributed by atoms with Gasteiger partial charge in [-0.1, -0.05) is 56.5 Å². The molecule has 1 aromatic carbocycles. The smallest absolute Gasteiger partial charge is 0.318 e. The maximum atomic E-state index is 11.7. The van der Waals surface area contributed by atoms with E-state index >= 15 is 0 Å². The number of aryl methyl sites for hydroxylation is 1. The van der Waals surface area contributed by atoms with Crippen molar-refractivity contribution in [3.63, 3.8) is 0 Å². The fourth-order valence-corrected chi connectivity index (χ4v) is 2.46. The molecule has 0 aliphatic rings. The number of primary amides is 1. The number of benzene rings is 1. The van der Waals surface area contributed by atoms with Crippen LogP contribution in [0, 0.1) is 5.92 Å². The van der Waals surface area contributed by atoms with Gasteiger partial charge in [-0.05, 0) is 31.2 Å². The molecular formula is C17H26N2O2.